The number of halogens is 2. The normalized spacial score (nSPS) is 10.5. The van der Waals surface area contributed by atoms with E-state index in [0.29, 0.717) is 0 Å². The summed E-state index contributed by atoms with van der Waals surface area (Å²) in [6, 6.07) is 5.79. The Bertz CT molecular complexity index is 513. The van der Waals surface area contributed by atoms with Gasteiger partial charge >= 0.3 is 0 Å². The van der Waals surface area contributed by atoms with Crippen molar-refractivity contribution in [2.45, 2.75) is 19.9 Å². The number of thiazole rings is 1. The molecule has 2 nitrogen and oxygen atoms in total. The van der Waals surface area contributed by atoms with Crippen LogP contribution in [-0.2, 0) is 13.0 Å². The van der Waals surface area contributed by atoms with E-state index in [9.17, 15) is 0 Å². The van der Waals surface area contributed by atoms with Gasteiger partial charge in [-0.2, -0.15) is 0 Å². The Hall–Kier alpha value is -0.580. The van der Waals surface area contributed by atoms with Gasteiger partial charge in [0, 0.05) is 15.5 Å². The van der Waals surface area contributed by atoms with Gasteiger partial charge in [0.25, 0.3) is 0 Å². The van der Waals surface area contributed by atoms with E-state index < -0.39 is 0 Å². The fourth-order valence-electron chi connectivity index (χ4n) is 1.39. The summed E-state index contributed by atoms with van der Waals surface area (Å²) in [7, 11) is 0. The van der Waals surface area contributed by atoms with E-state index in [1.54, 1.807) is 11.3 Å². The van der Waals surface area contributed by atoms with Gasteiger partial charge in [0.2, 0.25) is 0 Å². The van der Waals surface area contributed by atoms with Crippen LogP contribution in [0.25, 0.3) is 0 Å². The van der Waals surface area contributed by atoms with Crippen LogP contribution in [0.5, 0.6) is 0 Å². The molecule has 0 fully saturated rings. The molecule has 1 heterocycles. The maximum absolute atomic E-state index is 5.93. The van der Waals surface area contributed by atoms with Gasteiger partial charge in [-0.15, -0.1) is 11.3 Å². The van der Waals surface area contributed by atoms with E-state index >= 15 is 0 Å². The first-order chi connectivity index (χ1) is 8.19. The maximum atomic E-state index is 5.93. The number of anilines is 1. The summed E-state index contributed by atoms with van der Waals surface area (Å²) < 4.78 is 0.900. The lowest BCUT2D eigenvalue weighted by Crippen LogP contribution is -1.99. The lowest BCUT2D eigenvalue weighted by atomic mass is 10.3. The van der Waals surface area contributed by atoms with Crippen molar-refractivity contribution in [3.8, 4) is 0 Å². The van der Waals surface area contributed by atoms with E-state index in [1.807, 2.05) is 18.2 Å². The minimum absolute atomic E-state index is 0.720. The third-order valence-corrected chi connectivity index (χ3v) is 4.55. The molecule has 0 aliphatic carbocycles. The van der Waals surface area contributed by atoms with Crippen molar-refractivity contribution in [3.05, 3.63) is 43.8 Å². The van der Waals surface area contributed by atoms with Crippen LogP contribution in [0, 0.1) is 0 Å². The average Bonchev–Trinajstić information content (AvgIpc) is 2.79. The molecule has 1 N–H and O–H groups in total. The standard InChI is InChI=1S/C12H12BrClN2S/c1-2-12-16-9(7-17-12)6-15-8-3-4-11(14)10(13)5-8/h3-5,7,15H,2,6H2,1H3. The Morgan fingerprint density at radius 2 is 2.29 bits per heavy atom. The van der Waals surface area contributed by atoms with Crippen molar-refractivity contribution in [3.63, 3.8) is 0 Å². The van der Waals surface area contributed by atoms with Crippen LogP contribution in [0.2, 0.25) is 5.02 Å². The zero-order valence-corrected chi connectivity index (χ0v) is 12.5. The number of nitrogens with one attached hydrogen (secondary N) is 1. The van der Waals surface area contributed by atoms with Gasteiger partial charge in [-0.1, -0.05) is 18.5 Å². The van der Waals surface area contributed by atoms with Gasteiger partial charge in [-0.05, 0) is 40.5 Å². The van der Waals surface area contributed by atoms with Crippen LogP contribution in [0.1, 0.15) is 17.6 Å². The lowest BCUT2D eigenvalue weighted by molar-refractivity contribution is 1.01. The fraction of sp³-hybridized carbons (Fsp3) is 0.250. The monoisotopic (exact) mass is 330 g/mol. The molecule has 0 aliphatic rings. The third-order valence-electron chi connectivity index (χ3n) is 2.29. The summed E-state index contributed by atoms with van der Waals surface area (Å²) in [4.78, 5) is 4.50. The summed E-state index contributed by atoms with van der Waals surface area (Å²) in [5.41, 5.74) is 2.12. The van der Waals surface area contributed by atoms with Crippen molar-refractivity contribution in [2.24, 2.45) is 0 Å². The van der Waals surface area contributed by atoms with E-state index in [-0.39, 0.29) is 0 Å². The Morgan fingerprint density at radius 1 is 1.47 bits per heavy atom. The van der Waals surface area contributed by atoms with Crippen molar-refractivity contribution in [2.75, 3.05) is 5.32 Å². The summed E-state index contributed by atoms with van der Waals surface area (Å²) in [5, 5.41) is 7.32. The molecule has 1 aromatic heterocycles. The van der Waals surface area contributed by atoms with Crippen LogP contribution in [0.4, 0.5) is 5.69 Å². The minimum Gasteiger partial charge on any atom is -0.379 e. The number of aromatic nitrogens is 1. The highest BCUT2D eigenvalue weighted by molar-refractivity contribution is 9.10. The fourth-order valence-corrected chi connectivity index (χ4v) is 2.63. The molecule has 1 aromatic carbocycles. The van der Waals surface area contributed by atoms with Crippen molar-refractivity contribution in [1.82, 2.24) is 4.98 Å². The van der Waals surface area contributed by atoms with Crippen LogP contribution < -0.4 is 5.32 Å². The Labute approximate surface area is 118 Å². The smallest absolute Gasteiger partial charge is 0.0926 e. The van der Waals surface area contributed by atoms with Gasteiger partial charge < -0.3 is 5.32 Å². The molecule has 0 radical (unpaired) electrons. The molecule has 0 saturated heterocycles. The molecular weight excluding hydrogens is 320 g/mol. The molecule has 0 atom stereocenters. The van der Waals surface area contributed by atoms with Crippen molar-refractivity contribution in [1.29, 1.82) is 0 Å². The molecule has 0 bridgehead atoms. The predicted molar refractivity (Wildman–Crippen MR) is 78.0 cm³/mol. The summed E-state index contributed by atoms with van der Waals surface area (Å²) in [6.45, 7) is 2.86. The quantitative estimate of drug-likeness (QED) is 0.875. The van der Waals surface area contributed by atoms with E-state index in [2.05, 4.69) is 38.5 Å². The molecule has 0 amide bonds. The Balaban J connectivity index is 1.99. The molecule has 0 unspecified atom stereocenters. The highest BCUT2D eigenvalue weighted by Crippen LogP contribution is 2.25. The second kappa shape index (κ2) is 5.85. The molecule has 2 aromatic rings. The molecule has 90 valence electrons. The minimum atomic E-state index is 0.720. The molecule has 5 heteroatoms. The van der Waals surface area contributed by atoms with Gasteiger partial charge in [0.15, 0.2) is 0 Å². The lowest BCUT2D eigenvalue weighted by Gasteiger charge is -2.05. The van der Waals surface area contributed by atoms with Crippen LogP contribution >= 0.6 is 38.9 Å². The molecule has 2 rings (SSSR count). The first kappa shape index (κ1) is 12.9. The van der Waals surface area contributed by atoms with Gasteiger partial charge in [-0.25, -0.2) is 4.98 Å². The van der Waals surface area contributed by atoms with Crippen molar-refractivity contribution >= 4 is 44.6 Å². The van der Waals surface area contributed by atoms with E-state index in [0.717, 1.165) is 33.8 Å². The number of hydrogen-bond donors (Lipinski definition) is 1. The second-order valence-electron chi connectivity index (χ2n) is 3.57. The van der Waals surface area contributed by atoms with Gasteiger partial charge in [0.05, 0.1) is 22.3 Å². The molecule has 0 spiro atoms. The molecule has 0 saturated carbocycles. The number of nitrogens with zero attached hydrogens (tertiary/aromatic N) is 1. The first-order valence-electron chi connectivity index (χ1n) is 5.31. The summed E-state index contributed by atoms with van der Waals surface area (Å²) >= 11 is 11.0. The van der Waals surface area contributed by atoms with Crippen LogP contribution in [0.3, 0.4) is 0 Å². The third kappa shape index (κ3) is 3.44. The number of benzene rings is 1. The SMILES string of the molecule is CCc1nc(CNc2ccc(Cl)c(Br)c2)cs1. The Morgan fingerprint density at radius 3 is 2.94 bits per heavy atom. The van der Waals surface area contributed by atoms with Gasteiger partial charge in [-0.3, -0.25) is 0 Å². The van der Waals surface area contributed by atoms with Gasteiger partial charge in [0.1, 0.15) is 0 Å². The topological polar surface area (TPSA) is 24.9 Å². The first-order valence-corrected chi connectivity index (χ1v) is 7.36. The molecular formula is C12H12BrClN2S. The Kier molecular flexibility index (Phi) is 4.42. The predicted octanol–water partition coefficient (Wildman–Crippen LogP) is 4.73. The number of aryl methyl sites for hydroxylation is 1. The van der Waals surface area contributed by atoms with Crippen LogP contribution in [-0.4, -0.2) is 4.98 Å². The van der Waals surface area contributed by atoms with Crippen molar-refractivity contribution < 1.29 is 0 Å². The van der Waals surface area contributed by atoms with E-state index in [1.165, 1.54) is 5.01 Å². The summed E-state index contributed by atoms with van der Waals surface area (Å²) in [5.74, 6) is 0. The highest BCUT2D eigenvalue weighted by atomic mass is 79.9. The zero-order valence-electron chi connectivity index (χ0n) is 9.34. The van der Waals surface area contributed by atoms with Crippen LogP contribution in [0.15, 0.2) is 28.1 Å². The number of hydrogen-bond acceptors (Lipinski definition) is 3. The largest absolute Gasteiger partial charge is 0.379 e. The molecule has 0 aliphatic heterocycles. The molecule has 17 heavy (non-hydrogen) atoms. The van der Waals surface area contributed by atoms with E-state index in [4.69, 9.17) is 11.6 Å². The average molecular weight is 332 g/mol. The summed E-state index contributed by atoms with van der Waals surface area (Å²) in [6.07, 6.45) is 0.997. The highest BCUT2D eigenvalue weighted by Gasteiger charge is 2.02. The maximum Gasteiger partial charge on any atom is 0.0926 e. The number of rotatable bonds is 4. The zero-order chi connectivity index (χ0) is 12.3. The second-order valence-corrected chi connectivity index (χ2v) is 5.77.